The molecular weight excluding hydrogens is 212 g/mol. The van der Waals surface area contributed by atoms with Crippen LogP contribution in [0.3, 0.4) is 0 Å². The molecule has 0 aromatic carbocycles. The van der Waals surface area contributed by atoms with E-state index in [0.717, 1.165) is 6.20 Å². The summed E-state index contributed by atoms with van der Waals surface area (Å²) in [6.45, 7) is -0.351. The van der Waals surface area contributed by atoms with Gasteiger partial charge in [-0.15, -0.1) is 0 Å². The zero-order valence-corrected chi connectivity index (χ0v) is 7.35. The Morgan fingerprint density at radius 3 is 2.67 bits per heavy atom. The molecule has 1 heterocycles. The molecule has 1 rings (SSSR count). The molecule has 0 unspecified atom stereocenters. The first-order valence-corrected chi connectivity index (χ1v) is 3.82. The smallest absolute Gasteiger partial charge is 0.304 e. The lowest BCUT2D eigenvalue weighted by Gasteiger charge is -2.06. The lowest BCUT2D eigenvalue weighted by molar-refractivity contribution is -0.387. The second-order valence-corrected chi connectivity index (χ2v) is 2.61. The van der Waals surface area contributed by atoms with Crippen LogP contribution in [0.1, 0.15) is 17.7 Å². The van der Waals surface area contributed by atoms with Gasteiger partial charge < -0.3 is 10.8 Å². The van der Waals surface area contributed by atoms with Gasteiger partial charge in [-0.3, -0.25) is 10.1 Å². The number of aromatic nitrogens is 1. The normalized spacial score (nSPS) is 10.7. The lowest BCUT2D eigenvalue weighted by atomic mass is 10.1. The van der Waals surface area contributed by atoms with Gasteiger partial charge in [0, 0.05) is 6.54 Å². The minimum Gasteiger partial charge on any atom is -0.506 e. The fourth-order valence-electron chi connectivity index (χ4n) is 1.11. The summed E-state index contributed by atoms with van der Waals surface area (Å²) in [5, 5.41) is 19.6. The molecule has 0 aliphatic rings. The average Bonchev–Trinajstić information content (AvgIpc) is 2.16. The number of hydrogen-bond donors (Lipinski definition) is 2. The van der Waals surface area contributed by atoms with Crippen LogP contribution in [0.15, 0.2) is 6.20 Å². The first-order valence-electron chi connectivity index (χ1n) is 3.82. The maximum absolute atomic E-state index is 12.4. The average molecular weight is 219 g/mol. The zero-order valence-electron chi connectivity index (χ0n) is 7.35. The summed E-state index contributed by atoms with van der Waals surface area (Å²) in [5.41, 5.74) is 2.86. The molecule has 6 nitrogen and oxygen atoms in total. The van der Waals surface area contributed by atoms with E-state index in [1.165, 1.54) is 0 Å². The highest BCUT2D eigenvalue weighted by Gasteiger charge is 2.29. The molecule has 0 saturated carbocycles. The topological polar surface area (TPSA) is 102 Å². The third kappa shape index (κ3) is 1.99. The van der Waals surface area contributed by atoms with Crippen molar-refractivity contribution in [2.45, 2.75) is 13.0 Å². The van der Waals surface area contributed by atoms with E-state index in [-0.39, 0.29) is 12.2 Å². The fraction of sp³-hybridized carbons (Fsp3) is 0.286. The van der Waals surface area contributed by atoms with E-state index < -0.39 is 28.3 Å². The maximum Gasteiger partial charge on any atom is 0.304 e. The number of halogens is 2. The van der Waals surface area contributed by atoms with Gasteiger partial charge in [0.1, 0.15) is 17.0 Å². The predicted molar refractivity (Wildman–Crippen MR) is 45.4 cm³/mol. The minimum absolute atomic E-state index is 0.284. The second kappa shape index (κ2) is 4.13. The lowest BCUT2D eigenvalue weighted by Crippen LogP contribution is -2.07. The van der Waals surface area contributed by atoms with Crippen LogP contribution in [-0.4, -0.2) is 15.0 Å². The molecule has 0 saturated heterocycles. The van der Waals surface area contributed by atoms with Crippen LogP contribution < -0.4 is 5.73 Å². The third-order valence-corrected chi connectivity index (χ3v) is 1.74. The molecule has 0 fully saturated rings. The summed E-state index contributed by atoms with van der Waals surface area (Å²) < 4.78 is 24.9. The number of hydrogen-bond acceptors (Lipinski definition) is 5. The Morgan fingerprint density at radius 2 is 2.27 bits per heavy atom. The van der Waals surface area contributed by atoms with E-state index in [9.17, 15) is 18.9 Å². The Kier molecular flexibility index (Phi) is 3.10. The van der Waals surface area contributed by atoms with Crippen LogP contribution in [0.5, 0.6) is 5.75 Å². The van der Waals surface area contributed by atoms with E-state index in [0.29, 0.717) is 0 Å². The molecule has 0 amide bonds. The Labute approximate surface area is 82.5 Å². The standard InChI is InChI=1S/C7H7F2N3O3/c8-7(9)5-4(13)2-11-3(1-10)6(5)12(14)15/h2,7,13H,1,10H2. The number of nitro groups is 1. The molecule has 1 aromatic heterocycles. The van der Waals surface area contributed by atoms with Crippen LogP contribution in [-0.2, 0) is 6.54 Å². The van der Waals surface area contributed by atoms with Crippen molar-refractivity contribution in [3.63, 3.8) is 0 Å². The molecule has 1 aromatic rings. The number of rotatable bonds is 3. The van der Waals surface area contributed by atoms with E-state index in [1.54, 1.807) is 0 Å². The number of nitrogens with zero attached hydrogens (tertiary/aromatic N) is 2. The summed E-state index contributed by atoms with van der Waals surface area (Å²) in [6, 6.07) is 0. The van der Waals surface area contributed by atoms with Crippen molar-refractivity contribution in [3.8, 4) is 5.75 Å². The van der Waals surface area contributed by atoms with Crippen LogP contribution in [0, 0.1) is 10.1 Å². The third-order valence-electron chi connectivity index (χ3n) is 1.74. The molecular formula is C7H7F2N3O3. The summed E-state index contributed by atoms with van der Waals surface area (Å²) in [6.07, 6.45) is -2.44. The van der Waals surface area contributed by atoms with Gasteiger partial charge in [0.15, 0.2) is 0 Å². The molecule has 82 valence electrons. The first-order chi connectivity index (χ1) is 6.99. The van der Waals surface area contributed by atoms with Crippen molar-refractivity contribution < 1.29 is 18.8 Å². The zero-order chi connectivity index (χ0) is 11.6. The highest BCUT2D eigenvalue weighted by molar-refractivity contribution is 5.51. The molecule has 0 aliphatic carbocycles. The van der Waals surface area contributed by atoms with Gasteiger partial charge in [0.05, 0.1) is 11.1 Å². The number of nitrogens with two attached hydrogens (primary N) is 1. The second-order valence-electron chi connectivity index (χ2n) is 2.61. The number of aromatic hydroxyl groups is 1. The van der Waals surface area contributed by atoms with Crippen LogP contribution in [0.25, 0.3) is 0 Å². The Balaban J connectivity index is 3.51. The van der Waals surface area contributed by atoms with Crippen molar-refractivity contribution >= 4 is 5.69 Å². The van der Waals surface area contributed by atoms with Crippen molar-refractivity contribution in [3.05, 3.63) is 27.6 Å². The summed E-state index contributed by atoms with van der Waals surface area (Å²) >= 11 is 0. The SMILES string of the molecule is NCc1ncc(O)c(C(F)F)c1[N+](=O)[O-]. The van der Waals surface area contributed by atoms with E-state index in [1.807, 2.05) is 0 Å². The number of pyridine rings is 1. The van der Waals surface area contributed by atoms with Gasteiger partial charge in [-0.1, -0.05) is 0 Å². The van der Waals surface area contributed by atoms with E-state index in [4.69, 9.17) is 10.8 Å². The Hall–Kier alpha value is -1.83. The van der Waals surface area contributed by atoms with Gasteiger partial charge in [-0.25, -0.2) is 13.8 Å². The summed E-state index contributed by atoms with van der Waals surface area (Å²) in [4.78, 5) is 12.9. The molecule has 8 heteroatoms. The molecule has 0 radical (unpaired) electrons. The van der Waals surface area contributed by atoms with Crippen molar-refractivity contribution in [1.29, 1.82) is 0 Å². The van der Waals surface area contributed by atoms with Gasteiger partial charge in [0.25, 0.3) is 6.43 Å². The van der Waals surface area contributed by atoms with E-state index >= 15 is 0 Å². The van der Waals surface area contributed by atoms with Crippen molar-refractivity contribution in [2.24, 2.45) is 5.73 Å². The van der Waals surface area contributed by atoms with Crippen LogP contribution in [0.4, 0.5) is 14.5 Å². The molecule has 0 atom stereocenters. The maximum atomic E-state index is 12.4. The molecule has 3 N–H and O–H groups in total. The molecule has 0 bridgehead atoms. The molecule has 15 heavy (non-hydrogen) atoms. The monoisotopic (exact) mass is 219 g/mol. The van der Waals surface area contributed by atoms with Gasteiger partial charge in [0.2, 0.25) is 0 Å². The fourth-order valence-corrected chi connectivity index (χ4v) is 1.11. The van der Waals surface area contributed by atoms with Crippen molar-refractivity contribution in [2.75, 3.05) is 0 Å². The molecule has 0 aliphatic heterocycles. The highest BCUT2D eigenvalue weighted by atomic mass is 19.3. The van der Waals surface area contributed by atoms with Gasteiger partial charge in [-0.2, -0.15) is 0 Å². The van der Waals surface area contributed by atoms with E-state index in [2.05, 4.69) is 4.98 Å². The largest absolute Gasteiger partial charge is 0.506 e. The molecule has 0 spiro atoms. The van der Waals surface area contributed by atoms with Gasteiger partial charge >= 0.3 is 5.69 Å². The minimum atomic E-state index is -3.15. The Morgan fingerprint density at radius 1 is 1.67 bits per heavy atom. The predicted octanol–water partition coefficient (Wildman–Crippen LogP) is 1.09. The number of alkyl halides is 2. The van der Waals surface area contributed by atoms with Crippen LogP contribution >= 0.6 is 0 Å². The highest BCUT2D eigenvalue weighted by Crippen LogP contribution is 2.37. The first kappa shape index (κ1) is 11.2. The Bertz CT molecular complexity index is 397. The summed E-state index contributed by atoms with van der Waals surface area (Å²) in [5.74, 6) is -0.908. The van der Waals surface area contributed by atoms with Gasteiger partial charge in [-0.05, 0) is 0 Å². The quantitative estimate of drug-likeness (QED) is 0.585. The summed E-state index contributed by atoms with van der Waals surface area (Å²) in [7, 11) is 0. The van der Waals surface area contributed by atoms with Crippen LogP contribution in [0.2, 0.25) is 0 Å². The van der Waals surface area contributed by atoms with Crippen molar-refractivity contribution in [1.82, 2.24) is 4.98 Å².